The fraction of sp³-hybridized carbons (Fsp3) is 0.231. The van der Waals surface area contributed by atoms with Gasteiger partial charge in [0.25, 0.3) is 0 Å². The number of hydrogen-bond acceptors (Lipinski definition) is 6. The van der Waals surface area contributed by atoms with Crippen molar-refractivity contribution in [2.75, 3.05) is 18.5 Å². The van der Waals surface area contributed by atoms with Crippen molar-refractivity contribution < 1.29 is 26.3 Å². The van der Waals surface area contributed by atoms with Crippen LogP contribution in [0, 0.1) is 0 Å². The van der Waals surface area contributed by atoms with Gasteiger partial charge in [0.1, 0.15) is 22.9 Å². The summed E-state index contributed by atoms with van der Waals surface area (Å²) in [5.41, 5.74) is -0.993. The lowest BCUT2D eigenvalue weighted by atomic mass is 10.2. The van der Waals surface area contributed by atoms with Crippen LogP contribution in [0.25, 0.3) is 0 Å². The van der Waals surface area contributed by atoms with Crippen LogP contribution in [-0.2, 0) is 16.2 Å². The summed E-state index contributed by atoms with van der Waals surface area (Å²) in [6.45, 7) is -0.200. The molecule has 0 bridgehead atoms. The third-order valence-corrected chi connectivity index (χ3v) is 3.73. The van der Waals surface area contributed by atoms with Gasteiger partial charge >= 0.3 is 6.18 Å². The van der Waals surface area contributed by atoms with Crippen molar-refractivity contribution in [3.05, 3.63) is 42.2 Å². The molecule has 3 N–H and O–H groups in total. The molecule has 24 heavy (non-hydrogen) atoms. The third-order valence-electron chi connectivity index (χ3n) is 2.79. The molecule has 7 nitrogen and oxygen atoms in total. The van der Waals surface area contributed by atoms with Crippen LogP contribution in [-0.4, -0.2) is 31.5 Å². The van der Waals surface area contributed by atoms with Crippen LogP contribution in [0.4, 0.5) is 19.0 Å². The molecule has 0 amide bonds. The zero-order valence-corrected chi connectivity index (χ0v) is 12.9. The van der Waals surface area contributed by atoms with Crippen molar-refractivity contribution in [2.45, 2.75) is 11.1 Å². The van der Waals surface area contributed by atoms with Crippen LogP contribution in [0.1, 0.15) is 5.56 Å². The van der Waals surface area contributed by atoms with Crippen molar-refractivity contribution in [1.82, 2.24) is 9.97 Å². The summed E-state index contributed by atoms with van der Waals surface area (Å²) in [5, 5.41) is 7.69. The summed E-state index contributed by atoms with van der Waals surface area (Å²) in [6, 6.07) is 4.66. The van der Waals surface area contributed by atoms with Gasteiger partial charge in [-0.2, -0.15) is 13.2 Å². The number of aromatic nitrogens is 2. The minimum absolute atomic E-state index is 0.00654. The number of ether oxygens (including phenoxy) is 1. The molecule has 0 aromatic carbocycles. The van der Waals surface area contributed by atoms with Gasteiger partial charge in [-0.1, -0.05) is 0 Å². The van der Waals surface area contributed by atoms with Gasteiger partial charge in [-0.05, 0) is 24.3 Å². The van der Waals surface area contributed by atoms with E-state index in [0.717, 1.165) is 12.1 Å². The number of sulfonamides is 1. The van der Waals surface area contributed by atoms with Crippen molar-refractivity contribution in [2.24, 2.45) is 5.14 Å². The van der Waals surface area contributed by atoms with Crippen molar-refractivity contribution >= 4 is 15.8 Å². The number of halogens is 3. The summed E-state index contributed by atoms with van der Waals surface area (Å²) >= 11 is 0. The molecule has 0 aliphatic rings. The molecular formula is C13H13F3N4O3S. The molecule has 0 saturated heterocycles. The first-order valence-electron chi connectivity index (χ1n) is 6.56. The molecule has 0 radical (unpaired) electrons. The number of hydrogen-bond donors (Lipinski definition) is 2. The van der Waals surface area contributed by atoms with Crippen molar-refractivity contribution in [1.29, 1.82) is 0 Å². The van der Waals surface area contributed by atoms with E-state index < -0.39 is 27.6 Å². The average molecular weight is 362 g/mol. The lowest BCUT2D eigenvalue weighted by molar-refractivity contribution is -0.139. The molecule has 2 aromatic heterocycles. The second-order valence-electron chi connectivity index (χ2n) is 4.52. The number of anilines is 1. The predicted octanol–water partition coefficient (Wildman–Crippen LogP) is 1.63. The molecule has 0 saturated carbocycles. The molecule has 2 rings (SSSR count). The second kappa shape index (κ2) is 7.01. The van der Waals surface area contributed by atoms with Gasteiger partial charge in [-0.25, -0.2) is 23.5 Å². The van der Waals surface area contributed by atoms with E-state index in [1.54, 1.807) is 0 Å². The number of nitrogens with two attached hydrogens (primary N) is 1. The second-order valence-corrected chi connectivity index (χ2v) is 6.05. The quantitative estimate of drug-likeness (QED) is 0.757. The van der Waals surface area contributed by atoms with Crippen LogP contribution in [0.5, 0.6) is 5.88 Å². The Balaban J connectivity index is 2.01. The molecule has 0 spiro atoms. The zero-order chi connectivity index (χ0) is 17.8. The number of alkyl halides is 3. The molecule has 0 aliphatic carbocycles. The lowest BCUT2D eigenvalue weighted by Crippen LogP contribution is -2.19. The van der Waals surface area contributed by atoms with Crippen LogP contribution in [0.3, 0.4) is 0 Å². The van der Waals surface area contributed by atoms with Gasteiger partial charge in [0.15, 0.2) is 0 Å². The van der Waals surface area contributed by atoms with Gasteiger partial charge in [-0.3, -0.25) is 0 Å². The normalized spacial score (nSPS) is 12.0. The first-order valence-corrected chi connectivity index (χ1v) is 8.11. The van der Waals surface area contributed by atoms with E-state index in [1.807, 2.05) is 0 Å². The number of nitrogens with zero attached hydrogens (tertiary/aromatic N) is 2. The Hall–Kier alpha value is -2.40. The van der Waals surface area contributed by atoms with E-state index in [9.17, 15) is 21.6 Å². The number of pyridine rings is 2. The highest BCUT2D eigenvalue weighted by Crippen LogP contribution is 2.34. The van der Waals surface area contributed by atoms with Gasteiger partial charge in [0.2, 0.25) is 15.9 Å². The summed E-state index contributed by atoms with van der Waals surface area (Å²) in [4.78, 5) is 7.15. The number of primary sulfonamides is 1. The van der Waals surface area contributed by atoms with Gasteiger partial charge in [0.05, 0.1) is 6.54 Å². The number of nitrogens with one attached hydrogen (secondary N) is 1. The Bertz CT molecular complexity index is 812. The van der Waals surface area contributed by atoms with E-state index in [1.165, 1.54) is 24.5 Å². The van der Waals surface area contributed by atoms with Crippen molar-refractivity contribution in [3.8, 4) is 5.88 Å². The highest BCUT2D eigenvalue weighted by atomic mass is 32.2. The zero-order valence-electron chi connectivity index (χ0n) is 12.1. The molecular weight excluding hydrogens is 349 g/mol. The van der Waals surface area contributed by atoms with Crippen LogP contribution in [0.2, 0.25) is 0 Å². The summed E-state index contributed by atoms with van der Waals surface area (Å²) in [6.07, 6.45) is -2.06. The minimum Gasteiger partial charge on any atom is -0.475 e. The molecule has 130 valence electrons. The maximum Gasteiger partial charge on any atom is 0.421 e. The van der Waals surface area contributed by atoms with E-state index in [-0.39, 0.29) is 23.9 Å². The Labute approximate surface area is 135 Å². The highest BCUT2D eigenvalue weighted by molar-refractivity contribution is 7.89. The SMILES string of the molecule is NS(=O)(=O)c1cccnc1NCCOc1ncccc1C(F)(F)F. The third kappa shape index (κ3) is 4.55. The van der Waals surface area contributed by atoms with E-state index in [4.69, 9.17) is 9.88 Å². The molecule has 2 heterocycles. The monoisotopic (exact) mass is 362 g/mol. The topological polar surface area (TPSA) is 107 Å². The van der Waals surface area contributed by atoms with Crippen LogP contribution in [0.15, 0.2) is 41.6 Å². The molecule has 0 fully saturated rings. The predicted molar refractivity (Wildman–Crippen MR) is 78.8 cm³/mol. The summed E-state index contributed by atoms with van der Waals surface area (Å²) in [7, 11) is -3.98. The fourth-order valence-electron chi connectivity index (χ4n) is 1.79. The van der Waals surface area contributed by atoms with E-state index >= 15 is 0 Å². The van der Waals surface area contributed by atoms with Crippen LogP contribution < -0.4 is 15.2 Å². The maximum absolute atomic E-state index is 12.8. The van der Waals surface area contributed by atoms with E-state index in [0.29, 0.717) is 0 Å². The van der Waals surface area contributed by atoms with Gasteiger partial charge in [-0.15, -0.1) is 0 Å². The van der Waals surface area contributed by atoms with Crippen LogP contribution >= 0.6 is 0 Å². The fourth-order valence-corrected chi connectivity index (χ4v) is 2.45. The molecule has 0 aliphatic heterocycles. The van der Waals surface area contributed by atoms with Gasteiger partial charge in [0, 0.05) is 12.4 Å². The molecule has 0 unspecified atom stereocenters. The summed E-state index contributed by atoms with van der Waals surface area (Å²) in [5.74, 6) is -0.569. The van der Waals surface area contributed by atoms with Gasteiger partial charge < -0.3 is 10.1 Å². The molecule has 2 aromatic rings. The Morgan fingerprint density at radius 1 is 1.17 bits per heavy atom. The molecule has 0 atom stereocenters. The standard InChI is InChI=1S/C13H13F3N4O3S/c14-13(15,16)9-3-1-6-20-12(9)23-8-7-19-11-10(24(17,21)22)4-2-5-18-11/h1-6H,7-8H2,(H,18,19)(H2,17,21,22). The maximum atomic E-state index is 12.8. The largest absolute Gasteiger partial charge is 0.475 e. The lowest BCUT2D eigenvalue weighted by Gasteiger charge is -2.13. The van der Waals surface area contributed by atoms with Crippen molar-refractivity contribution in [3.63, 3.8) is 0 Å². The number of rotatable bonds is 6. The summed E-state index contributed by atoms with van der Waals surface area (Å²) < 4.78 is 66.1. The Morgan fingerprint density at radius 3 is 2.50 bits per heavy atom. The minimum atomic E-state index is -4.58. The first kappa shape index (κ1) is 17.9. The molecule has 11 heteroatoms. The first-order chi connectivity index (χ1) is 11.2. The van der Waals surface area contributed by atoms with E-state index in [2.05, 4.69) is 15.3 Å². The average Bonchev–Trinajstić information content (AvgIpc) is 2.50. The Morgan fingerprint density at radius 2 is 1.83 bits per heavy atom. The highest BCUT2D eigenvalue weighted by Gasteiger charge is 2.34. The smallest absolute Gasteiger partial charge is 0.421 e. The Kier molecular flexibility index (Phi) is 5.24.